The SMILES string of the molecule is C.CC(C)[O-].Oc1ccccc1C=Nc1ccccc1.[Li+].[Li-].[O-]c1ccccc1C=[NH+]c1ccccc1. The second kappa shape index (κ2) is 21.1. The summed E-state index contributed by atoms with van der Waals surface area (Å²) >= 11 is 0. The van der Waals surface area contributed by atoms with Crippen LogP contribution in [0.3, 0.4) is 0 Å². The molecule has 0 aliphatic rings. The van der Waals surface area contributed by atoms with Gasteiger partial charge in [-0.3, -0.25) is 4.99 Å². The number of hydrogen-bond donors (Lipinski definition) is 2. The molecule has 0 saturated carbocycles. The zero-order valence-corrected chi connectivity index (χ0v) is 21.3. The minimum Gasteiger partial charge on any atom is -1.00 e. The Balaban J connectivity index is 0. The molecule has 0 saturated heterocycles. The molecule has 0 aliphatic carbocycles. The molecule has 4 rings (SSSR count). The molecule has 4 aromatic rings. The van der Waals surface area contributed by atoms with Gasteiger partial charge in [0.2, 0.25) is 5.69 Å². The summed E-state index contributed by atoms with van der Waals surface area (Å²) in [4.78, 5) is 7.33. The van der Waals surface area contributed by atoms with Gasteiger partial charge in [-0.05, 0) is 30.3 Å². The molecule has 0 atom stereocenters. The zero-order chi connectivity index (χ0) is 24.6. The van der Waals surface area contributed by atoms with Crippen molar-refractivity contribution in [2.75, 3.05) is 0 Å². The zero-order valence-electron chi connectivity index (χ0n) is 21.3. The van der Waals surface area contributed by atoms with E-state index in [0.29, 0.717) is 5.56 Å². The van der Waals surface area contributed by atoms with Crippen molar-refractivity contribution in [2.24, 2.45) is 4.99 Å². The Morgan fingerprint density at radius 3 is 1.76 bits per heavy atom. The van der Waals surface area contributed by atoms with Crippen LogP contribution >= 0.6 is 0 Å². The fourth-order valence-electron chi connectivity index (χ4n) is 2.55. The van der Waals surface area contributed by atoms with Crippen molar-refractivity contribution in [1.82, 2.24) is 0 Å². The normalized spacial score (nSPS) is 9.62. The van der Waals surface area contributed by atoms with E-state index in [2.05, 4.69) is 9.98 Å². The first-order valence-electron chi connectivity index (χ1n) is 10.9. The van der Waals surface area contributed by atoms with Crippen molar-refractivity contribution in [3.8, 4) is 11.5 Å². The van der Waals surface area contributed by atoms with E-state index >= 15 is 0 Å². The maximum absolute atomic E-state index is 11.4. The third-order valence-corrected chi connectivity index (χ3v) is 4.13. The van der Waals surface area contributed by atoms with Gasteiger partial charge in [0.15, 0.2) is 6.21 Å². The molecule has 0 fully saturated rings. The first kappa shape index (κ1) is 36.1. The molecule has 0 spiro atoms. The first-order chi connectivity index (χ1) is 16.5. The topological polar surface area (TPSA) is 92.7 Å². The number of benzene rings is 4. The first-order valence-corrected chi connectivity index (χ1v) is 10.9. The Morgan fingerprint density at radius 1 is 0.757 bits per heavy atom. The van der Waals surface area contributed by atoms with E-state index in [1.54, 1.807) is 56.6 Å². The smallest absolute Gasteiger partial charge is 1.00 e. The molecule has 0 aromatic heterocycles. The van der Waals surface area contributed by atoms with E-state index in [9.17, 15) is 15.3 Å². The Hall–Kier alpha value is -3.03. The summed E-state index contributed by atoms with van der Waals surface area (Å²) in [6, 6.07) is 33.4. The second-order valence-electron chi connectivity index (χ2n) is 7.39. The van der Waals surface area contributed by atoms with Crippen LogP contribution in [0.25, 0.3) is 0 Å². The fraction of sp³-hybridized carbons (Fsp3) is 0.133. The minimum atomic E-state index is -0.417. The summed E-state index contributed by atoms with van der Waals surface area (Å²) in [6.45, 7) is 3.22. The molecule has 37 heavy (non-hydrogen) atoms. The van der Waals surface area contributed by atoms with E-state index in [4.69, 9.17) is 0 Å². The van der Waals surface area contributed by atoms with Crippen LogP contribution in [-0.2, 0) is 0 Å². The van der Waals surface area contributed by atoms with Gasteiger partial charge in [-0.1, -0.05) is 93.8 Å². The molecule has 184 valence electrons. The number of hydrogen-bond acceptors (Lipinski definition) is 4. The number of nitrogens with zero attached hydrogens (tertiary/aromatic N) is 1. The van der Waals surface area contributed by atoms with Crippen LogP contribution in [-0.4, -0.2) is 42.5 Å². The van der Waals surface area contributed by atoms with Crippen molar-refractivity contribution in [1.29, 1.82) is 0 Å². The molecule has 4 aromatic carbocycles. The Kier molecular flexibility index (Phi) is 20.6. The average molecular weight is 483 g/mol. The quantitative estimate of drug-likeness (QED) is 0.332. The third kappa shape index (κ3) is 15.6. The molecule has 7 heteroatoms. The molecule has 2 N–H and O–H groups in total. The summed E-state index contributed by atoms with van der Waals surface area (Å²) in [6.07, 6.45) is 2.96. The van der Waals surface area contributed by atoms with Gasteiger partial charge in [0.05, 0.1) is 5.69 Å². The van der Waals surface area contributed by atoms with E-state index in [-0.39, 0.29) is 56.6 Å². The minimum absolute atomic E-state index is 0. The molecule has 0 unspecified atom stereocenters. The number of para-hydroxylation sites is 4. The van der Waals surface area contributed by atoms with Crippen molar-refractivity contribution < 1.29 is 39.2 Å². The van der Waals surface area contributed by atoms with Crippen molar-refractivity contribution in [3.05, 3.63) is 120 Å². The van der Waals surface area contributed by atoms with E-state index < -0.39 is 6.10 Å². The summed E-state index contributed by atoms with van der Waals surface area (Å²) in [5.74, 6) is 0.276. The fourth-order valence-corrected chi connectivity index (χ4v) is 2.55. The molecule has 5 nitrogen and oxygen atoms in total. The maximum Gasteiger partial charge on any atom is 1.00 e. The van der Waals surface area contributed by atoms with Gasteiger partial charge < -0.3 is 34.2 Å². The van der Waals surface area contributed by atoms with Crippen LogP contribution in [0.15, 0.2) is 114 Å². The average Bonchev–Trinajstić information content (AvgIpc) is 2.84. The van der Waals surface area contributed by atoms with Gasteiger partial charge in [0.1, 0.15) is 5.75 Å². The number of phenolic OH excluding ortho intramolecular Hbond substituents is 1. The Labute approximate surface area is 245 Å². The molecular formula is C30H33Li2N2O3-. The van der Waals surface area contributed by atoms with Crippen LogP contribution in [0.5, 0.6) is 11.5 Å². The molecule has 0 aliphatic heterocycles. The number of rotatable bonds is 4. The summed E-state index contributed by atoms with van der Waals surface area (Å²) < 4.78 is 0. The largest absolute Gasteiger partial charge is 1.00 e. The van der Waals surface area contributed by atoms with Gasteiger partial charge in [-0.25, -0.2) is 4.99 Å². The summed E-state index contributed by atoms with van der Waals surface area (Å²) in [7, 11) is 0. The van der Waals surface area contributed by atoms with Gasteiger partial charge in [-0.2, -0.15) is 0 Å². The Morgan fingerprint density at radius 2 is 1.22 bits per heavy atom. The van der Waals surface area contributed by atoms with E-state index in [1.807, 2.05) is 78.9 Å². The van der Waals surface area contributed by atoms with Gasteiger partial charge in [0.25, 0.3) is 0 Å². The van der Waals surface area contributed by atoms with Gasteiger partial charge in [-0.15, -0.1) is 6.10 Å². The van der Waals surface area contributed by atoms with Gasteiger partial charge in [0, 0.05) is 29.5 Å². The van der Waals surface area contributed by atoms with Crippen LogP contribution < -0.4 is 34.1 Å². The van der Waals surface area contributed by atoms with E-state index in [1.165, 1.54) is 0 Å². The summed E-state index contributed by atoms with van der Waals surface area (Å²) in [5.41, 5.74) is 3.24. The maximum atomic E-state index is 11.4. The van der Waals surface area contributed by atoms with Crippen LogP contribution in [0.1, 0.15) is 32.4 Å². The number of nitrogens with one attached hydrogen (secondary N) is 1. The number of phenols is 1. The second-order valence-corrected chi connectivity index (χ2v) is 7.39. The van der Waals surface area contributed by atoms with Crippen LogP contribution in [0.4, 0.5) is 11.4 Å². The molecule has 2 radical (unpaired) electrons. The van der Waals surface area contributed by atoms with E-state index in [0.717, 1.165) is 16.9 Å². The molecular weight excluding hydrogens is 450 g/mol. The Bertz CT molecular complexity index is 1080. The monoisotopic (exact) mass is 483 g/mol. The van der Waals surface area contributed by atoms with Crippen LogP contribution in [0, 0.1) is 0 Å². The number of aromatic hydroxyl groups is 1. The third-order valence-electron chi connectivity index (χ3n) is 4.13. The number of aliphatic imine (C=N–C) groups is 1. The molecule has 0 amide bonds. The predicted molar refractivity (Wildman–Crippen MR) is 148 cm³/mol. The van der Waals surface area contributed by atoms with Crippen molar-refractivity contribution in [2.45, 2.75) is 27.4 Å². The molecule has 0 heterocycles. The standard InChI is InChI=1S/2C13H11NO.C3H7O.CH4.2Li/c2*15-13-9-5-4-6-11(13)10-14-12-7-2-1-3-8-12;1-3(2)4;;;/h2*1-10,15H;3H,1-2H3;1H4;;/q;;-1;;-1;+1. The van der Waals surface area contributed by atoms with Gasteiger partial charge >= 0.3 is 18.9 Å². The van der Waals surface area contributed by atoms with Crippen molar-refractivity contribution >= 4 is 42.7 Å². The predicted octanol–water partition coefficient (Wildman–Crippen LogP) is 0.749. The summed E-state index contributed by atoms with van der Waals surface area (Å²) in [5, 5.41) is 30.4. The van der Waals surface area contributed by atoms with Crippen molar-refractivity contribution in [3.63, 3.8) is 0 Å². The van der Waals surface area contributed by atoms with Crippen LogP contribution in [0.2, 0.25) is 0 Å². The molecule has 0 bridgehead atoms.